The highest BCUT2D eigenvalue weighted by molar-refractivity contribution is 9.11. The van der Waals surface area contributed by atoms with E-state index in [-0.39, 0.29) is 0 Å². The van der Waals surface area contributed by atoms with Crippen LogP contribution in [0.25, 0.3) is 0 Å². The Balaban J connectivity index is 1.93. The van der Waals surface area contributed by atoms with Crippen molar-refractivity contribution in [2.24, 2.45) is 0 Å². The maximum Gasteiger partial charge on any atom is 0.0701 e. The van der Waals surface area contributed by atoms with E-state index in [2.05, 4.69) is 45.6 Å². The molecule has 1 rings (SSSR count). The van der Waals surface area contributed by atoms with E-state index in [1.165, 1.54) is 21.5 Å². The quantitative estimate of drug-likeness (QED) is 0.720. The van der Waals surface area contributed by atoms with Crippen LogP contribution in [0.5, 0.6) is 0 Å². The van der Waals surface area contributed by atoms with E-state index < -0.39 is 0 Å². The van der Waals surface area contributed by atoms with Crippen molar-refractivity contribution in [3.05, 3.63) is 20.8 Å². The summed E-state index contributed by atoms with van der Waals surface area (Å²) >= 11 is 5.26. The van der Waals surface area contributed by atoms with Crippen LogP contribution in [-0.2, 0) is 6.54 Å². The summed E-state index contributed by atoms with van der Waals surface area (Å²) in [5, 5.41) is 6.83. The molecule has 4 heteroatoms. The maximum atomic E-state index is 3.46. The average Bonchev–Trinajstić information content (AvgIpc) is 2.63. The van der Waals surface area contributed by atoms with Gasteiger partial charge in [0.15, 0.2) is 0 Å². The number of rotatable bonds is 8. The van der Waals surface area contributed by atoms with Gasteiger partial charge >= 0.3 is 0 Å². The second-order valence-corrected chi connectivity index (χ2v) is 6.03. The van der Waals surface area contributed by atoms with E-state index in [0.717, 1.165) is 26.2 Å². The highest BCUT2D eigenvalue weighted by Gasteiger charge is 1.96. The molecule has 0 amide bonds. The van der Waals surface area contributed by atoms with Crippen molar-refractivity contribution < 1.29 is 0 Å². The van der Waals surface area contributed by atoms with Gasteiger partial charge < -0.3 is 10.6 Å². The fraction of sp³-hybridized carbons (Fsp3) is 0.636. The first-order valence-electron chi connectivity index (χ1n) is 5.48. The molecule has 0 saturated heterocycles. The Morgan fingerprint density at radius 1 is 1.20 bits per heavy atom. The summed E-state index contributed by atoms with van der Waals surface area (Å²) in [5.41, 5.74) is 0. The molecule has 0 aliphatic carbocycles. The van der Waals surface area contributed by atoms with Crippen LogP contribution in [0.1, 0.15) is 24.6 Å². The first-order valence-corrected chi connectivity index (χ1v) is 7.09. The summed E-state index contributed by atoms with van der Waals surface area (Å²) in [6.07, 6.45) is 2.42. The predicted octanol–water partition coefficient (Wildman–Crippen LogP) is 2.99. The summed E-state index contributed by atoms with van der Waals surface area (Å²) in [6.45, 7) is 6.53. The molecule has 0 aliphatic heterocycles. The van der Waals surface area contributed by atoms with E-state index in [1.54, 1.807) is 11.3 Å². The molecule has 2 N–H and O–H groups in total. The molecular formula is C11H19BrN2S. The molecule has 0 aliphatic rings. The molecule has 0 saturated carbocycles. The summed E-state index contributed by atoms with van der Waals surface area (Å²) in [4.78, 5) is 1.39. The lowest BCUT2D eigenvalue weighted by atomic mass is 10.4. The largest absolute Gasteiger partial charge is 0.317 e. The van der Waals surface area contributed by atoms with Gasteiger partial charge in [0.2, 0.25) is 0 Å². The van der Waals surface area contributed by atoms with Gasteiger partial charge in [0.1, 0.15) is 0 Å². The fourth-order valence-corrected chi connectivity index (χ4v) is 2.75. The molecule has 0 bridgehead atoms. The molecule has 0 fully saturated rings. The average molecular weight is 291 g/mol. The Morgan fingerprint density at radius 2 is 2.00 bits per heavy atom. The Morgan fingerprint density at radius 3 is 2.67 bits per heavy atom. The molecule has 0 aromatic carbocycles. The number of hydrogen-bond donors (Lipinski definition) is 2. The molecule has 15 heavy (non-hydrogen) atoms. The fourth-order valence-electron chi connectivity index (χ4n) is 1.30. The minimum atomic E-state index is 0.990. The second-order valence-electron chi connectivity index (χ2n) is 3.49. The van der Waals surface area contributed by atoms with Crippen molar-refractivity contribution in [2.45, 2.75) is 26.3 Å². The van der Waals surface area contributed by atoms with Crippen LogP contribution in [0.4, 0.5) is 0 Å². The highest BCUT2D eigenvalue weighted by atomic mass is 79.9. The van der Waals surface area contributed by atoms with Gasteiger partial charge in [-0.3, -0.25) is 0 Å². The minimum absolute atomic E-state index is 0.990. The van der Waals surface area contributed by atoms with Crippen LogP contribution in [0.3, 0.4) is 0 Å². The number of thiophene rings is 1. The predicted molar refractivity (Wildman–Crippen MR) is 71.5 cm³/mol. The molecule has 2 nitrogen and oxygen atoms in total. The lowest BCUT2D eigenvalue weighted by molar-refractivity contribution is 0.594. The SMILES string of the molecule is CCCNCCCNCc1ccc(Br)s1. The van der Waals surface area contributed by atoms with Crippen LogP contribution in [-0.4, -0.2) is 19.6 Å². The van der Waals surface area contributed by atoms with Gasteiger partial charge in [-0.15, -0.1) is 11.3 Å². The van der Waals surface area contributed by atoms with Crippen molar-refractivity contribution in [3.63, 3.8) is 0 Å². The van der Waals surface area contributed by atoms with Crippen molar-refractivity contribution in [2.75, 3.05) is 19.6 Å². The smallest absolute Gasteiger partial charge is 0.0701 e. The van der Waals surface area contributed by atoms with Crippen LogP contribution in [0.15, 0.2) is 15.9 Å². The lowest BCUT2D eigenvalue weighted by Gasteiger charge is -2.04. The molecule has 0 unspecified atom stereocenters. The van der Waals surface area contributed by atoms with Crippen LogP contribution in [0.2, 0.25) is 0 Å². The molecule has 1 aromatic rings. The second kappa shape index (κ2) is 8.28. The molecule has 0 radical (unpaired) electrons. The van der Waals surface area contributed by atoms with E-state index in [1.807, 2.05) is 0 Å². The van der Waals surface area contributed by atoms with Crippen LogP contribution >= 0.6 is 27.3 Å². The molecular weight excluding hydrogens is 272 g/mol. The molecule has 1 aromatic heterocycles. The monoisotopic (exact) mass is 290 g/mol. The normalized spacial score (nSPS) is 10.8. The third kappa shape index (κ3) is 6.30. The van der Waals surface area contributed by atoms with E-state index >= 15 is 0 Å². The Hall–Kier alpha value is 0.1000. The van der Waals surface area contributed by atoms with Gasteiger partial charge in [-0.05, 0) is 60.5 Å². The van der Waals surface area contributed by atoms with Gasteiger partial charge in [-0.1, -0.05) is 6.92 Å². The van der Waals surface area contributed by atoms with Crippen molar-refractivity contribution in [1.82, 2.24) is 10.6 Å². The first-order chi connectivity index (χ1) is 7.33. The number of hydrogen-bond acceptors (Lipinski definition) is 3. The highest BCUT2D eigenvalue weighted by Crippen LogP contribution is 2.21. The Bertz CT molecular complexity index is 263. The van der Waals surface area contributed by atoms with Gasteiger partial charge in [0, 0.05) is 11.4 Å². The number of nitrogens with one attached hydrogen (secondary N) is 2. The van der Waals surface area contributed by atoms with Crippen molar-refractivity contribution in [3.8, 4) is 0 Å². The third-order valence-electron chi connectivity index (χ3n) is 2.06. The molecule has 0 atom stereocenters. The molecule has 86 valence electrons. The van der Waals surface area contributed by atoms with Gasteiger partial charge in [-0.25, -0.2) is 0 Å². The van der Waals surface area contributed by atoms with Gasteiger partial charge in [0.25, 0.3) is 0 Å². The standard InChI is InChI=1S/C11H19BrN2S/c1-2-6-13-7-3-8-14-9-10-4-5-11(12)15-10/h4-5,13-14H,2-3,6-9H2,1H3. The van der Waals surface area contributed by atoms with E-state index in [9.17, 15) is 0 Å². The lowest BCUT2D eigenvalue weighted by Crippen LogP contribution is -2.21. The molecule has 1 heterocycles. The van der Waals surface area contributed by atoms with Gasteiger partial charge in [0.05, 0.1) is 3.79 Å². The Kier molecular flexibility index (Phi) is 7.26. The summed E-state index contributed by atoms with van der Waals surface area (Å²) in [5.74, 6) is 0. The summed E-state index contributed by atoms with van der Waals surface area (Å²) < 4.78 is 1.21. The third-order valence-corrected chi connectivity index (χ3v) is 3.69. The zero-order chi connectivity index (χ0) is 10.9. The number of halogens is 1. The Labute approximate surface area is 105 Å². The van der Waals surface area contributed by atoms with E-state index in [0.29, 0.717) is 0 Å². The summed E-state index contributed by atoms with van der Waals surface area (Å²) in [6, 6.07) is 4.27. The molecule has 0 spiro atoms. The minimum Gasteiger partial charge on any atom is -0.317 e. The first kappa shape index (κ1) is 13.2. The maximum absolute atomic E-state index is 3.46. The van der Waals surface area contributed by atoms with Crippen molar-refractivity contribution >= 4 is 27.3 Å². The topological polar surface area (TPSA) is 24.1 Å². The van der Waals surface area contributed by atoms with Gasteiger partial charge in [-0.2, -0.15) is 0 Å². The van der Waals surface area contributed by atoms with Crippen molar-refractivity contribution in [1.29, 1.82) is 0 Å². The van der Waals surface area contributed by atoms with Crippen LogP contribution < -0.4 is 10.6 Å². The zero-order valence-electron chi connectivity index (χ0n) is 9.18. The van der Waals surface area contributed by atoms with E-state index in [4.69, 9.17) is 0 Å². The zero-order valence-corrected chi connectivity index (χ0v) is 11.6. The van der Waals surface area contributed by atoms with Crippen LogP contribution in [0, 0.1) is 0 Å². The summed E-state index contributed by atoms with van der Waals surface area (Å²) in [7, 11) is 0.